The van der Waals surface area contributed by atoms with Gasteiger partial charge in [0.05, 0.1) is 0 Å². The molecule has 0 aliphatic heterocycles. The van der Waals surface area contributed by atoms with Gasteiger partial charge in [-0.3, -0.25) is 0 Å². The van der Waals surface area contributed by atoms with Crippen molar-refractivity contribution in [3.8, 4) is 0 Å². The molecule has 0 aliphatic carbocycles. The number of rotatable bonds is 0. The molecule has 0 aliphatic rings. The molecule has 0 bridgehead atoms. The normalized spacial score (nSPS) is 12.6. The van der Waals surface area contributed by atoms with E-state index < -0.39 is 0 Å². The van der Waals surface area contributed by atoms with Crippen LogP contribution in [0.2, 0.25) is 0 Å². The summed E-state index contributed by atoms with van der Waals surface area (Å²) in [6.07, 6.45) is 0. The van der Waals surface area contributed by atoms with Gasteiger partial charge >= 0.3 is 0 Å². The van der Waals surface area contributed by atoms with Crippen molar-refractivity contribution in [2.45, 2.75) is 13.0 Å². The molecule has 2 N–H and O–H groups in total. The van der Waals surface area contributed by atoms with E-state index in [2.05, 4.69) is 6.92 Å². The maximum atomic E-state index is 5.00. The second-order valence-electron chi connectivity index (χ2n) is 0.977. The molecule has 0 rings (SSSR count). The maximum Gasteiger partial charge on any atom is 0 e. The van der Waals surface area contributed by atoms with E-state index >= 15 is 0 Å². The minimum absolute atomic E-state index is 0. The van der Waals surface area contributed by atoms with E-state index in [1.807, 2.05) is 6.92 Å². The minimum Gasteiger partial charge on any atom is -0.357 e. The average Bonchev–Trinajstić information content (AvgIpc) is 0.811. The van der Waals surface area contributed by atoms with Crippen LogP contribution in [-0.2, 0) is 0 Å². The molecule has 1 atom stereocenters. The Hall–Kier alpha value is -1.04. The zero-order valence-electron chi connectivity index (χ0n) is 3.57. The van der Waals surface area contributed by atoms with Crippen LogP contribution in [0.3, 0.4) is 0 Å². The van der Waals surface area contributed by atoms with Crippen LogP contribution >= 0.6 is 0 Å². The monoisotopic (exact) mass is 325 g/mol. The van der Waals surface area contributed by atoms with Gasteiger partial charge in [0, 0.05) is 0 Å². The minimum atomic E-state index is 0. The van der Waals surface area contributed by atoms with E-state index in [9.17, 15) is 0 Å². The van der Waals surface area contributed by atoms with Crippen molar-refractivity contribution in [1.29, 1.82) is 0 Å². The first-order chi connectivity index (χ1) is 1.73. The Morgan fingerprint density at radius 2 is 1.80 bits per heavy atom. The largest absolute Gasteiger partial charge is 0.357 e. The van der Waals surface area contributed by atoms with Crippen molar-refractivity contribution < 1.29 is 0 Å². The van der Waals surface area contributed by atoms with Gasteiger partial charge in [-0.1, -0.05) is 6.92 Å². The molecule has 1 nitrogen and oxygen atoms in total. The quantitative estimate of drug-likeness (QED) is 0.632. The Labute approximate surface area is 26.8 Å². The number of hydrogen-bond donors (Lipinski definition) is 1. The summed E-state index contributed by atoms with van der Waals surface area (Å²) in [4.78, 5) is 0. The molecular weight excluding hydrogens is 317 g/mol. The molecule has 0 aromatic heterocycles. The Kier molecular flexibility index (Phi) is 5.35. The molecule has 0 aromatic rings. The van der Waals surface area contributed by atoms with Gasteiger partial charge < -0.3 is 12.7 Å². The summed E-state index contributed by atoms with van der Waals surface area (Å²) >= 11 is 0. The summed E-state index contributed by atoms with van der Waals surface area (Å²) < 4.78 is 0. The molecule has 2 heteroatoms. The van der Waals surface area contributed by atoms with Crippen molar-refractivity contribution in [2.75, 3.05) is 0 Å². The van der Waals surface area contributed by atoms with Gasteiger partial charge in [-0.2, -0.15) is 0 Å². The third kappa shape index (κ3) is 2.52. The Bertz CT molecular complexity index is 11.6. The van der Waals surface area contributed by atoms with Gasteiger partial charge in [-0.25, -0.2) is 0 Å². The van der Waals surface area contributed by atoms with Crippen LogP contribution in [0.15, 0.2) is 0 Å². The van der Waals surface area contributed by atoms with E-state index in [1.165, 1.54) is 0 Å². The first-order valence-electron chi connectivity index (χ1n) is 1.32. The zero-order chi connectivity index (χ0) is 3.58. The summed E-state index contributed by atoms with van der Waals surface area (Å²) in [6.45, 7) is 5.25. The van der Waals surface area contributed by atoms with Crippen LogP contribution in [0.25, 0.3) is 0 Å². The molecule has 0 saturated carbocycles. The molecular formula is C3H8NRf-. The summed E-state index contributed by atoms with van der Waals surface area (Å²) in [5.41, 5.74) is 5.00. The van der Waals surface area contributed by atoms with Crippen LogP contribution < -0.4 is 5.73 Å². The summed E-state index contributed by atoms with van der Waals surface area (Å²) in [6, 6.07) is 0.0833. The fourth-order valence-corrected chi connectivity index (χ4v) is 0. The fourth-order valence-electron chi connectivity index (χ4n) is 0. The van der Waals surface area contributed by atoms with Crippen molar-refractivity contribution in [3.63, 3.8) is 0 Å². The first kappa shape index (κ1) is 9.03. The molecule has 0 fully saturated rings. The molecule has 0 amide bonds. The van der Waals surface area contributed by atoms with E-state index in [0.29, 0.717) is 0 Å². The summed E-state index contributed by atoms with van der Waals surface area (Å²) in [5, 5.41) is 0. The van der Waals surface area contributed by atoms with Crippen LogP contribution in [-0.4, -0.2) is 6.04 Å². The van der Waals surface area contributed by atoms with E-state index in [-0.39, 0.29) is 6.04 Å². The Morgan fingerprint density at radius 1 is 1.80 bits per heavy atom. The smallest absolute Gasteiger partial charge is 0 e. The van der Waals surface area contributed by atoms with E-state index in [1.54, 1.807) is 0 Å². The predicted molar refractivity (Wildman–Crippen MR) is 19.0 cm³/mol. The van der Waals surface area contributed by atoms with E-state index in [4.69, 9.17) is 5.73 Å². The summed E-state index contributed by atoms with van der Waals surface area (Å²) in [5.74, 6) is 0. The molecule has 0 heterocycles. The van der Waals surface area contributed by atoms with Crippen LogP contribution in [0, 0.1) is 6.92 Å². The summed E-state index contributed by atoms with van der Waals surface area (Å²) in [7, 11) is 0. The van der Waals surface area contributed by atoms with Crippen LogP contribution in [0.5, 0.6) is 0 Å². The van der Waals surface area contributed by atoms with Gasteiger partial charge in [-0.15, -0.1) is 6.04 Å². The SMILES string of the molecule is [CH2-]C(C)N.[Rf]. The topological polar surface area (TPSA) is 26.0 Å². The van der Waals surface area contributed by atoms with Crippen molar-refractivity contribution >= 4 is 0 Å². The molecule has 1 unspecified atom stereocenters. The molecule has 28 valence electrons. The predicted octanol–water partition coefficient (Wildman–Crippen LogP) is 0.168. The average molecular weight is 325 g/mol. The van der Waals surface area contributed by atoms with Crippen LogP contribution in [0.4, 0.5) is 0 Å². The molecule has 0 radical (unpaired) electrons. The second-order valence-corrected chi connectivity index (χ2v) is 0.977. The number of hydrogen-bond acceptors (Lipinski definition) is 1. The third-order valence-corrected chi connectivity index (χ3v) is 0. The van der Waals surface area contributed by atoms with Crippen molar-refractivity contribution in [2.24, 2.45) is 5.73 Å². The zero-order valence-corrected chi connectivity index (χ0v) is 9.97. The first-order valence-corrected chi connectivity index (χ1v) is 1.32. The molecule has 0 saturated heterocycles. The molecule has 0 spiro atoms. The van der Waals surface area contributed by atoms with E-state index in [0.717, 1.165) is 0 Å². The van der Waals surface area contributed by atoms with Gasteiger partial charge in [0.15, 0.2) is 0 Å². The van der Waals surface area contributed by atoms with Crippen LogP contribution in [0.1, 0.15) is 6.92 Å². The second kappa shape index (κ2) is 2.96. The number of nitrogens with two attached hydrogens (primary N) is 1. The molecule has 5 heavy (non-hydrogen) atoms. The molecule has 0 aromatic carbocycles. The standard InChI is InChI=1S/C3H8N.Rf/c1-3(2)4;/h3H,1,4H2,2H3;/q-1;. The Balaban J connectivity index is 0. The Morgan fingerprint density at radius 3 is 1.80 bits per heavy atom. The van der Waals surface area contributed by atoms with Gasteiger partial charge in [0.2, 0.25) is 0 Å². The van der Waals surface area contributed by atoms with Gasteiger partial charge in [-0.05, 0) is 0 Å². The van der Waals surface area contributed by atoms with Gasteiger partial charge in [0.25, 0.3) is 0 Å². The van der Waals surface area contributed by atoms with Crippen molar-refractivity contribution in [1.82, 2.24) is 0 Å². The third-order valence-electron chi connectivity index (χ3n) is 0. The van der Waals surface area contributed by atoms with Crippen molar-refractivity contribution in [3.05, 3.63) is 6.92 Å². The van der Waals surface area contributed by atoms with Gasteiger partial charge in [0.1, 0.15) is 0 Å². The maximum absolute atomic E-state index is 5.00. The fraction of sp³-hybridized carbons (Fsp3) is 0.667.